The molecule has 2 rings (SSSR count). The van der Waals surface area contributed by atoms with E-state index in [0.29, 0.717) is 5.13 Å². The molecule has 1 amide bonds. The van der Waals surface area contributed by atoms with Crippen molar-refractivity contribution >= 4 is 38.3 Å². The normalized spacial score (nSPS) is 10.3. The van der Waals surface area contributed by atoms with Gasteiger partial charge in [0.1, 0.15) is 6.61 Å². The van der Waals surface area contributed by atoms with Gasteiger partial charge in [0.15, 0.2) is 5.13 Å². The van der Waals surface area contributed by atoms with Crippen LogP contribution < -0.4 is 5.32 Å². The lowest BCUT2D eigenvalue weighted by Crippen LogP contribution is -2.16. The molecule has 1 heterocycles. The number of aromatic nitrogens is 1. The fourth-order valence-electron chi connectivity index (χ4n) is 1.37. The van der Waals surface area contributed by atoms with Gasteiger partial charge in [0.2, 0.25) is 0 Å². The molecule has 1 aromatic heterocycles. The van der Waals surface area contributed by atoms with Gasteiger partial charge in [0, 0.05) is 22.5 Å². The van der Waals surface area contributed by atoms with Crippen LogP contribution in [0.3, 0.4) is 0 Å². The van der Waals surface area contributed by atoms with Gasteiger partial charge in [-0.15, -0.1) is 11.3 Å². The van der Waals surface area contributed by atoms with Crippen molar-refractivity contribution in [3.8, 4) is 11.3 Å². The Morgan fingerprint density at radius 2 is 2.17 bits per heavy atom. The number of nitrogens with zero attached hydrogens (tertiary/aromatic N) is 1. The van der Waals surface area contributed by atoms with Gasteiger partial charge >= 0.3 is 0 Å². The number of nitrogens with one attached hydrogen (secondary N) is 1. The molecule has 4 nitrogen and oxygen atoms in total. The van der Waals surface area contributed by atoms with Gasteiger partial charge in [-0.25, -0.2) is 4.98 Å². The van der Waals surface area contributed by atoms with Gasteiger partial charge in [-0.3, -0.25) is 10.1 Å². The summed E-state index contributed by atoms with van der Waals surface area (Å²) in [5.41, 5.74) is 1.86. The fraction of sp³-hybridized carbons (Fsp3) is 0.167. The minimum absolute atomic E-state index is 0.0349. The molecule has 0 saturated heterocycles. The van der Waals surface area contributed by atoms with Crippen LogP contribution in [0, 0.1) is 0 Å². The molecule has 0 aliphatic rings. The zero-order valence-corrected chi connectivity index (χ0v) is 12.0. The van der Waals surface area contributed by atoms with Gasteiger partial charge in [0.25, 0.3) is 5.91 Å². The number of thiazole rings is 1. The van der Waals surface area contributed by atoms with Crippen molar-refractivity contribution in [1.82, 2.24) is 4.98 Å². The van der Waals surface area contributed by atoms with E-state index in [-0.39, 0.29) is 12.5 Å². The van der Waals surface area contributed by atoms with Gasteiger partial charge in [-0.1, -0.05) is 28.1 Å². The molecule has 0 aliphatic carbocycles. The van der Waals surface area contributed by atoms with Crippen molar-refractivity contribution in [1.29, 1.82) is 0 Å². The molecule has 6 heteroatoms. The van der Waals surface area contributed by atoms with Crippen molar-refractivity contribution < 1.29 is 9.53 Å². The highest BCUT2D eigenvalue weighted by molar-refractivity contribution is 9.10. The zero-order chi connectivity index (χ0) is 13.0. The Labute approximate surface area is 117 Å². The monoisotopic (exact) mass is 326 g/mol. The number of anilines is 1. The van der Waals surface area contributed by atoms with Crippen LogP contribution in [0.2, 0.25) is 0 Å². The maximum Gasteiger partial charge on any atom is 0.252 e. The number of amides is 1. The number of rotatable bonds is 4. The fourth-order valence-corrected chi connectivity index (χ4v) is 2.37. The van der Waals surface area contributed by atoms with E-state index in [2.05, 4.69) is 26.2 Å². The van der Waals surface area contributed by atoms with Crippen LogP contribution in [-0.2, 0) is 9.53 Å². The molecule has 0 fully saturated rings. The Kier molecular flexibility index (Phi) is 4.46. The summed E-state index contributed by atoms with van der Waals surface area (Å²) in [4.78, 5) is 15.7. The number of hydrogen-bond acceptors (Lipinski definition) is 4. The van der Waals surface area contributed by atoms with Crippen LogP contribution in [0.5, 0.6) is 0 Å². The van der Waals surface area contributed by atoms with E-state index in [0.717, 1.165) is 15.7 Å². The van der Waals surface area contributed by atoms with E-state index in [4.69, 9.17) is 4.74 Å². The number of carbonyl (C=O) groups is 1. The lowest BCUT2D eigenvalue weighted by Gasteiger charge is -1.99. The molecule has 18 heavy (non-hydrogen) atoms. The van der Waals surface area contributed by atoms with Crippen molar-refractivity contribution in [2.24, 2.45) is 0 Å². The largest absolute Gasteiger partial charge is 0.375 e. The van der Waals surface area contributed by atoms with E-state index in [9.17, 15) is 4.79 Å². The summed E-state index contributed by atoms with van der Waals surface area (Å²) >= 11 is 4.78. The number of methoxy groups -OCH3 is 1. The minimum atomic E-state index is -0.200. The first-order valence-corrected chi connectivity index (χ1v) is 6.86. The van der Waals surface area contributed by atoms with Gasteiger partial charge < -0.3 is 4.74 Å². The van der Waals surface area contributed by atoms with E-state index in [1.165, 1.54) is 18.4 Å². The highest BCUT2D eigenvalue weighted by atomic mass is 79.9. The molecule has 0 atom stereocenters. The summed E-state index contributed by atoms with van der Waals surface area (Å²) in [5.74, 6) is -0.200. The molecule has 1 aromatic carbocycles. The second-order valence-electron chi connectivity index (χ2n) is 3.53. The number of carbonyl (C=O) groups excluding carboxylic acids is 1. The Balaban J connectivity index is 2.10. The summed E-state index contributed by atoms with van der Waals surface area (Å²) in [5, 5.41) is 5.17. The molecule has 0 spiro atoms. The lowest BCUT2D eigenvalue weighted by molar-refractivity contribution is -0.119. The van der Waals surface area contributed by atoms with Gasteiger partial charge in [0.05, 0.1) is 5.69 Å². The molecular formula is C12H11BrN2O2S. The van der Waals surface area contributed by atoms with Crippen LogP contribution in [0.4, 0.5) is 5.13 Å². The van der Waals surface area contributed by atoms with Crippen molar-refractivity contribution in [3.63, 3.8) is 0 Å². The predicted molar refractivity (Wildman–Crippen MR) is 75.8 cm³/mol. The standard InChI is InChI=1S/C12H11BrN2O2S/c1-17-6-11(16)15-12-14-10(7-18-12)8-2-4-9(13)5-3-8/h2-5,7H,6H2,1H3,(H,14,15,16). The molecule has 0 aliphatic heterocycles. The van der Waals surface area contributed by atoms with Crippen molar-refractivity contribution in [2.45, 2.75) is 0 Å². The third-order valence-electron chi connectivity index (χ3n) is 2.17. The number of benzene rings is 1. The highest BCUT2D eigenvalue weighted by Crippen LogP contribution is 2.25. The molecule has 1 N–H and O–H groups in total. The third kappa shape index (κ3) is 3.38. The minimum Gasteiger partial charge on any atom is -0.375 e. The van der Waals surface area contributed by atoms with Gasteiger partial charge in [-0.2, -0.15) is 0 Å². The Bertz CT molecular complexity index is 539. The second kappa shape index (κ2) is 6.08. The first-order chi connectivity index (χ1) is 8.69. The summed E-state index contributed by atoms with van der Waals surface area (Å²) < 4.78 is 5.76. The lowest BCUT2D eigenvalue weighted by atomic mass is 10.2. The summed E-state index contributed by atoms with van der Waals surface area (Å²) in [6.45, 7) is 0.0349. The number of halogens is 1. The van der Waals surface area contributed by atoms with Crippen LogP contribution in [0.15, 0.2) is 34.1 Å². The first kappa shape index (κ1) is 13.2. The van der Waals surface area contributed by atoms with Crippen LogP contribution in [0.1, 0.15) is 0 Å². The van der Waals surface area contributed by atoms with Crippen LogP contribution in [-0.4, -0.2) is 24.6 Å². The Morgan fingerprint density at radius 1 is 1.44 bits per heavy atom. The first-order valence-electron chi connectivity index (χ1n) is 5.19. The Hall–Kier alpha value is -1.24. The molecular weight excluding hydrogens is 316 g/mol. The smallest absolute Gasteiger partial charge is 0.252 e. The maximum atomic E-state index is 11.3. The average molecular weight is 327 g/mol. The van der Waals surface area contributed by atoms with E-state index < -0.39 is 0 Å². The third-order valence-corrected chi connectivity index (χ3v) is 3.45. The maximum absolute atomic E-state index is 11.3. The zero-order valence-electron chi connectivity index (χ0n) is 9.64. The number of hydrogen-bond donors (Lipinski definition) is 1. The molecule has 2 aromatic rings. The quantitative estimate of drug-likeness (QED) is 0.938. The van der Waals surface area contributed by atoms with E-state index in [1.807, 2.05) is 29.6 Å². The molecule has 0 bridgehead atoms. The van der Waals surface area contributed by atoms with E-state index in [1.54, 1.807) is 0 Å². The van der Waals surface area contributed by atoms with Crippen molar-refractivity contribution in [2.75, 3.05) is 19.0 Å². The summed E-state index contributed by atoms with van der Waals surface area (Å²) in [7, 11) is 1.48. The number of ether oxygens (including phenoxy) is 1. The van der Waals surface area contributed by atoms with Crippen molar-refractivity contribution in [3.05, 3.63) is 34.1 Å². The molecule has 94 valence electrons. The topological polar surface area (TPSA) is 51.2 Å². The van der Waals surface area contributed by atoms with Crippen LogP contribution in [0.25, 0.3) is 11.3 Å². The molecule has 0 radical (unpaired) electrons. The highest BCUT2D eigenvalue weighted by Gasteiger charge is 2.07. The summed E-state index contributed by atoms with van der Waals surface area (Å²) in [6, 6.07) is 7.86. The molecule has 0 saturated carbocycles. The SMILES string of the molecule is COCC(=O)Nc1nc(-c2ccc(Br)cc2)cs1. The summed E-state index contributed by atoms with van der Waals surface area (Å²) in [6.07, 6.45) is 0. The van der Waals surface area contributed by atoms with Crippen LogP contribution >= 0.6 is 27.3 Å². The van der Waals surface area contributed by atoms with Gasteiger partial charge in [-0.05, 0) is 12.1 Å². The second-order valence-corrected chi connectivity index (χ2v) is 5.30. The van der Waals surface area contributed by atoms with E-state index >= 15 is 0 Å². The predicted octanol–water partition coefficient (Wildman–Crippen LogP) is 3.16. The Morgan fingerprint density at radius 3 is 2.83 bits per heavy atom. The average Bonchev–Trinajstić information content (AvgIpc) is 2.78. The molecule has 0 unspecified atom stereocenters.